The average Bonchev–Trinajstić information content (AvgIpc) is 2.89. The van der Waals surface area contributed by atoms with Gasteiger partial charge in [-0.1, -0.05) is 64.5 Å². The molecule has 3 aromatic carbocycles. The fourth-order valence-electron chi connectivity index (χ4n) is 3.04. The number of nitrogens with zero attached hydrogens (tertiary/aromatic N) is 1. The van der Waals surface area contributed by atoms with Gasteiger partial charge in [0.15, 0.2) is 0 Å². The monoisotopic (exact) mass is 391 g/mol. The molecule has 1 aliphatic rings. The van der Waals surface area contributed by atoms with E-state index in [0.29, 0.717) is 17.8 Å². The summed E-state index contributed by atoms with van der Waals surface area (Å²) < 4.78 is 0.980. The molecule has 0 saturated heterocycles. The van der Waals surface area contributed by atoms with Crippen LogP contribution in [-0.4, -0.2) is 11.7 Å². The normalized spacial score (nSPS) is 13.2. The Balaban J connectivity index is 1.70. The van der Waals surface area contributed by atoms with Gasteiger partial charge in [-0.2, -0.15) is 0 Å². The van der Waals surface area contributed by atoms with Crippen LogP contribution in [0.25, 0.3) is 11.1 Å². The summed E-state index contributed by atoms with van der Waals surface area (Å²) in [5.74, 6) is -0.909. The standard InChI is InChI=1S/C21H14BrNO2/c22-17-9-6-14(7-10-17)13-23-19-11-8-16(15-4-2-1-3-5-15)12-18(19)20(24)21(23)25/h1-12H,13H2. The van der Waals surface area contributed by atoms with Crippen LogP contribution in [0.4, 0.5) is 5.69 Å². The Kier molecular flexibility index (Phi) is 3.98. The first kappa shape index (κ1) is 15.8. The maximum atomic E-state index is 12.4. The molecule has 0 aliphatic carbocycles. The van der Waals surface area contributed by atoms with Crippen LogP contribution in [0.2, 0.25) is 0 Å². The van der Waals surface area contributed by atoms with E-state index in [1.807, 2.05) is 72.8 Å². The molecule has 0 fully saturated rings. The highest BCUT2D eigenvalue weighted by Gasteiger charge is 2.35. The van der Waals surface area contributed by atoms with Gasteiger partial charge in [0.05, 0.1) is 17.8 Å². The molecule has 4 heteroatoms. The third-order valence-electron chi connectivity index (χ3n) is 4.33. The molecule has 1 heterocycles. The fourth-order valence-corrected chi connectivity index (χ4v) is 3.30. The van der Waals surface area contributed by atoms with Gasteiger partial charge < -0.3 is 4.90 Å². The zero-order chi connectivity index (χ0) is 17.4. The van der Waals surface area contributed by atoms with E-state index in [2.05, 4.69) is 15.9 Å². The van der Waals surface area contributed by atoms with Gasteiger partial charge in [-0.15, -0.1) is 0 Å². The highest BCUT2D eigenvalue weighted by atomic mass is 79.9. The van der Waals surface area contributed by atoms with Crippen molar-refractivity contribution in [3.8, 4) is 11.1 Å². The minimum atomic E-state index is -0.469. The summed E-state index contributed by atoms with van der Waals surface area (Å²) in [5.41, 5.74) is 4.09. The zero-order valence-electron chi connectivity index (χ0n) is 13.3. The molecular formula is C21H14BrNO2. The van der Waals surface area contributed by atoms with E-state index >= 15 is 0 Å². The number of carbonyl (C=O) groups excluding carboxylic acids is 2. The first-order valence-electron chi connectivity index (χ1n) is 7.93. The number of hydrogen-bond acceptors (Lipinski definition) is 2. The van der Waals surface area contributed by atoms with Crippen LogP contribution in [0.5, 0.6) is 0 Å². The molecular weight excluding hydrogens is 378 g/mol. The van der Waals surface area contributed by atoms with Crippen molar-refractivity contribution < 1.29 is 9.59 Å². The SMILES string of the molecule is O=C1C(=O)N(Cc2ccc(Br)cc2)c2ccc(-c3ccccc3)cc21. The average molecular weight is 392 g/mol. The predicted molar refractivity (Wildman–Crippen MR) is 102 cm³/mol. The Morgan fingerprint density at radius 2 is 1.52 bits per heavy atom. The largest absolute Gasteiger partial charge is 0.300 e. The molecule has 0 radical (unpaired) electrons. The first-order valence-corrected chi connectivity index (χ1v) is 8.73. The van der Waals surface area contributed by atoms with E-state index in [4.69, 9.17) is 0 Å². The van der Waals surface area contributed by atoms with Crippen LogP contribution >= 0.6 is 15.9 Å². The van der Waals surface area contributed by atoms with Gasteiger partial charge in [0, 0.05) is 4.47 Å². The number of halogens is 1. The molecule has 3 aromatic rings. The van der Waals surface area contributed by atoms with E-state index < -0.39 is 11.7 Å². The van der Waals surface area contributed by atoms with E-state index in [1.165, 1.54) is 0 Å². The molecule has 122 valence electrons. The lowest BCUT2D eigenvalue weighted by atomic mass is 10.0. The van der Waals surface area contributed by atoms with Crippen LogP contribution in [-0.2, 0) is 11.3 Å². The molecule has 0 spiro atoms. The smallest absolute Gasteiger partial charge is 0.299 e. The highest BCUT2D eigenvalue weighted by molar-refractivity contribution is 9.10. The van der Waals surface area contributed by atoms with Gasteiger partial charge >= 0.3 is 0 Å². The van der Waals surface area contributed by atoms with Gasteiger partial charge in [-0.3, -0.25) is 9.59 Å². The Morgan fingerprint density at radius 1 is 0.800 bits per heavy atom. The first-order chi connectivity index (χ1) is 12.1. The van der Waals surface area contributed by atoms with E-state index in [0.717, 1.165) is 21.2 Å². The Bertz CT molecular complexity index is 965. The van der Waals surface area contributed by atoms with E-state index in [9.17, 15) is 9.59 Å². The number of carbonyl (C=O) groups is 2. The third kappa shape index (κ3) is 2.89. The topological polar surface area (TPSA) is 37.4 Å². The van der Waals surface area contributed by atoms with Gasteiger partial charge in [-0.05, 0) is 41.0 Å². The summed E-state index contributed by atoms with van der Waals surface area (Å²) in [5, 5.41) is 0. The second kappa shape index (κ2) is 6.30. The lowest BCUT2D eigenvalue weighted by Gasteiger charge is -2.17. The minimum Gasteiger partial charge on any atom is -0.300 e. The summed E-state index contributed by atoms with van der Waals surface area (Å²) in [4.78, 5) is 26.4. The van der Waals surface area contributed by atoms with Crippen molar-refractivity contribution in [2.75, 3.05) is 4.90 Å². The quantitative estimate of drug-likeness (QED) is 0.598. The van der Waals surface area contributed by atoms with Crippen molar-refractivity contribution in [2.45, 2.75) is 6.54 Å². The number of benzene rings is 3. The Morgan fingerprint density at radius 3 is 2.24 bits per heavy atom. The molecule has 1 amide bonds. The van der Waals surface area contributed by atoms with Crippen LogP contribution in [0.1, 0.15) is 15.9 Å². The molecule has 1 aliphatic heterocycles. The molecule has 0 bridgehead atoms. The van der Waals surface area contributed by atoms with Gasteiger partial charge in [-0.25, -0.2) is 0 Å². The zero-order valence-corrected chi connectivity index (χ0v) is 14.9. The van der Waals surface area contributed by atoms with Crippen LogP contribution < -0.4 is 4.90 Å². The second-order valence-electron chi connectivity index (χ2n) is 5.94. The number of Topliss-reactive ketones (excluding diaryl/α,β-unsaturated/α-hetero) is 1. The molecule has 0 atom stereocenters. The van der Waals surface area contributed by atoms with Crippen molar-refractivity contribution in [3.63, 3.8) is 0 Å². The number of amides is 1. The number of anilines is 1. The number of rotatable bonds is 3. The summed E-state index contributed by atoms with van der Waals surface area (Å²) in [7, 11) is 0. The van der Waals surface area contributed by atoms with Crippen molar-refractivity contribution in [3.05, 3.63) is 88.4 Å². The number of ketones is 1. The lowest BCUT2D eigenvalue weighted by molar-refractivity contribution is -0.114. The summed E-state index contributed by atoms with van der Waals surface area (Å²) >= 11 is 3.40. The van der Waals surface area contributed by atoms with E-state index in [1.54, 1.807) is 4.90 Å². The Hall–Kier alpha value is -2.72. The van der Waals surface area contributed by atoms with Crippen LogP contribution in [0.15, 0.2) is 77.3 Å². The van der Waals surface area contributed by atoms with Crippen molar-refractivity contribution >= 4 is 33.3 Å². The molecule has 0 N–H and O–H groups in total. The van der Waals surface area contributed by atoms with Crippen LogP contribution in [0, 0.1) is 0 Å². The number of hydrogen-bond donors (Lipinski definition) is 0. The van der Waals surface area contributed by atoms with E-state index in [-0.39, 0.29) is 0 Å². The molecule has 25 heavy (non-hydrogen) atoms. The maximum absolute atomic E-state index is 12.4. The molecule has 0 saturated carbocycles. The highest BCUT2D eigenvalue weighted by Crippen LogP contribution is 2.34. The van der Waals surface area contributed by atoms with Gasteiger partial charge in [0.2, 0.25) is 0 Å². The molecule has 4 rings (SSSR count). The number of fused-ring (bicyclic) bond motifs is 1. The van der Waals surface area contributed by atoms with Crippen molar-refractivity contribution in [2.24, 2.45) is 0 Å². The van der Waals surface area contributed by atoms with Crippen molar-refractivity contribution in [1.82, 2.24) is 0 Å². The lowest BCUT2D eigenvalue weighted by Crippen LogP contribution is -2.29. The van der Waals surface area contributed by atoms with Crippen molar-refractivity contribution in [1.29, 1.82) is 0 Å². The summed E-state index contributed by atoms with van der Waals surface area (Å²) in [6, 6.07) is 23.2. The summed E-state index contributed by atoms with van der Waals surface area (Å²) in [6.07, 6.45) is 0. The third-order valence-corrected chi connectivity index (χ3v) is 4.86. The van der Waals surface area contributed by atoms with Gasteiger partial charge in [0.1, 0.15) is 0 Å². The van der Waals surface area contributed by atoms with Crippen LogP contribution in [0.3, 0.4) is 0 Å². The predicted octanol–water partition coefficient (Wildman–Crippen LogP) is 4.85. The summed E-state index contributed by atoms with van der Waals surface area (Å²) in [6.45, 7) is 0.384. The molecule has 3 nitrogen and oxygen atoms in total. The second-order valence-corrected chi connectivity index (χ2v) is 6.86. The fraction of sp³-hybridized carbons (Fsp3) is 0.0476. The van der Waals surface area contributed by atoms with Gasteiger partial charge in [0.25, 0.3) is 11.7 Å². The molecule has 0 unspecified atom stereocenters. The molecule has 0 aromatic heterocycles. The maximum Gasteiger partial charge on any atom is 0.299 e. The minimum absolute atomic E-state index is 0.384. The Labute approximate surface area is 154 Å².